The summed E-state index contributed by atoms with van der Waals surface area (Å²) in [6, 6.07) is 5.40. The van der Waals surface area contributed by atoms with E-state index in [0.717, 1.165) is 10.1 Å². The third-order valence-electron chi connectivity index (χ3n) is 4.86. The van der Waals surface area contributed by atoms with Crippen LogP contribution in [-0.2, 0) is 18.9 Å². The number of hydrogen-bond acceptors (Lipinski definition) is 5. The Morgan fingerprint density at radius 1 is 1.14 bits per heavy atom. The van der Waals surface area contributed by atoms with Gasteiger partial charge < -0.3 is 14.8 Å². The molecule has 1 aromatic carbocycles. The number of fused-ring (bicyclic) bond motifs is 1. The van der Waals surface area contributed by atoms with Crippen LogP contribution in [0.2, 0.25) is 0 Å². The molecule has 1 aromatic heterocycles. The van der Waals surface area contributed by atoms with Gasteiger partial charge in [-0.2, -0.15) is 0 Å². The highest BCUT2D eigenvalue weighted by Crippen LogP contribution is 2.38. The minimum absolute atomic E-state index is 0.107. The summed E-state index contributed by atoms with van der Waals surface area (Å²) >= 11 is 0. The molecule has 0 radical (unpaired) electrons. The molecule has 1 amide bonds. The van der Waals surface area contributed by atoms with Crippen molar-refractivity contribution in [3.8, 4) is 11.5 Å². The molecule has 1 aliphatic rings. The van der Waals surface area contributed by atoms with Crippen LogP contribution in [0.25, 0.3) is 0 Å². The highest BCUT2D eigenvalue weighted by molar-refractivity contribution is 5.94. The number of anilines is 1. The molecular weight excluding hydrogens is 362 g/mol. The second kappa shape index (κ2) is 7.53. The summed E-state index contributed by atoms with van der Waals surface area (Å²) in [7, 11) is 4.51. The van der Waals surface area contributed by atoms with Gasteiger partial charge in [0, 0.05) is 26.4 Å². The average Bonchev–Trinajstić information content (AvgIpc) is 2.68. The summed E-state index contributed by atoms with van der Waals surface area (Å²) < 4.78 is 13.6. The van der Waals surface area contributed by atoms with Crippen molar-refractivity contribution >= 4 is 11.7 Å². The van der Waals surface area contributed by atoms with Crippen LogP contribution in [0, 0.1) is 5.92 Å². The summed E-state index contributed by atoms with van der Waals surface area (Å²) in [4.78, 5) is 37.3. The maximum Gasteiger partial charge on any atom is 0.332 e. The maximum atomic E-state index is 12.8. The molecule has 0 spiro atoms. The molecular formula is C20H25N3O5. The van der Waals surface area contributed by atoms with Crippen molar-refractivity contribution in [1.82, 2.24) is 9.13 Å². The highest BCUT2D eigenvalue weighted by atomic mass is 16.5. The van der Waals surface area contributed by atoms with Crippen molar-refractivity contribution in [2.45, 2.75) is 26.2 Å². The van der Waals surface area contributed by atoms with E-state index in [1.54, 1.807) is 19.2 Å². The number of nitrogens with one attached hydrogen (secondary N) is 1. The van der Waals surface area contributed by atoms with Gasteiger partial charge in [-0.3, -0.25) is 18.7 Å². The summed E-state index contributed by atoms with van der Waals surface area (Å²) in [5.74, 6) is 1.01. The van der Waals surface area contributed by atoms with E-state index in [4.69, 9.17) is 9.47 Å². The van der Waals surface area contributed by atoms with Crippen LogP contribution < -0.4 is 26.0 Å². The van der Waals surface area contributed by atoms with Gasteiger partial charge in [-0.25, -0.2) is 4.79 Å². The Labute approximate surface area is 162 Å². The Kier molecular flexibility index (Phi) is 5.31. The standard InChI is InChI=1S/C20H25N3O5/c1-11(2)10-28-14-7-6-12(8-15(14)27-5)13-9-16(24)21-18-17(13)19(25)23(4)20(26)22(18)3/h6-8,11,13H,9-10H2,1-5H3,(H,21,24). The molecule has 0 bridgehead atoms. The highest BCUT2D eigenvalue weighted by Gasteiger charge is 2.32. The van der Waals surface area contributed by atoms with Crippen LogP contribution in [0.4, 0.5) is 5.82 Å². The Morgan fingerprint density at radius 2 is 1.86 bits per heavy atom. The fourth-order valence-corrected chi connectivity index (χ4v) is 3.37. The zero-order valence-corrected chi connectivity index (χ0v) is 16.7. The molecule has 1 unspecified atom stereocenters. The van der Waals surface area contributed by atoms with Crippen LogP contribution >= 0.6 is 0 Å². The maximum absolute atomic E-state index is 12.8. The minimum Gasteiger partial charge on any atom is -0.493 e. The lowest BCUT2D eigenvalue weighted by Crippen LogP contribution is -2.44. The third-order valence-corrected chi connectivity index (χ3v) is 4.86. The van der Waals surface area contributed by atoms with Crippen LogP contribution in [0.15, 0.2) is 27.8 Å². The number of rotatable bonds is 5. The topological polar surface area (TPSA) is 91.6 Å². The summed E-state index contributed by atoms with van der Waals surface area (Å²) in [5, 5.41) is 2.66. The SMILES string of the molecule is COc1cc(C2CC(=O)Nc3c2c(=O)n(C)c(=O)n3C)ccc1OCC(C)C. The molecule has 0 aliphatic carbocycles. The predicted octanol–water partition coefficient (Wildman–Crippen LogP) is 1.60. The molecule has 0 saturated carbocycles. The van der Waals surface area contributed by atoms with Crippen molar-refractivity contribution in [3.63, 3.8) is 0 Å². The van der Waals surface area contributed by atoms with Crippen LogP contribution in [0.3, 0.4) is 0 Å². The number of hydrogen-bond donors (Lipinski definition) is 1. The first-order chi connectivity index (χ1) is 13.2. The number of carbonyl (C=O) groups is 1. The van der Waals surface area contributed by atoms with Gasteiger partial charge in [-0.05, 0) is 23.6 Å². The Balaban J connectivity index is 2.12. The average molecular weight is 387 g/mol. The zero-order chi connectivity index (χ0) is 20.6. The molecule has 2 aromatic rings. The largest absolute Gasteiger partial charge is 0.493 e. The van der Waals surface area contributed by atoms with Crippen molar-refractivity contribution in [1.29, 1.82) is 0 Å². The number of benzene rings is 1. The van der Waals surface area contributed by atoms with E-state index in [2.05, 4.69) is 19.2 Å². The van der Waals surface area contributed by atoms with Gasteiger partial charge >= 0.3 is 5.69 Å². The third kappa shape index (κ3) is 3.42. The van der Waals surface area contributed by atoms with Crippen LogP contribution in [-0.4, -0.2) is 28.8 Å². The van der Waals surface area contributed by atoms with E-state index in [9.17, 15) is 14.4 Å². The minimum atomic E-state index is -0.486. The van der Waals surface area contributed by atoms with Gasteiger partial charge in [0.1, 0.15) is 5.82 Å². The second-order valence-electron chi connectivity index (χ2n) is 7.39. The van der Waals surface area contributed by atoms with Gasteiger partial charge in [0.2, 0.25) is 5.91 Å². The summed E-state index contributed by atoms with van der Waals surface area (Å²) in [6.45, 7) is 4.66. The summed E-state index contributed by atoms with van der Waals surface area (Å²) in [5.41, 5.74) is 0.240. The molecule has 8 heteroatoms. The molecule has 150 valence electrons. The van der Waals surface area contributed by atoms with E-state index < -0.39 is 17.2 Å². The van der Waals surface area contributed by atoms with Crippen molar-refractivity contribution in [2.75, 3.05) is 19.0 Å². The molecule has 1 N–H and O–H groups in total. The normalized spacial score (nSPS) is 15.9. The molecule has 8 nitrogen and oxygen atoms in total. The summed E-state index contributed by atoms with van der Waals surface area (Å²) in [6.07, 6.45) is 0.107. The molecule has 2 heterocycles. The van der Waals surface area contributed by atoms with E-state index in [0.29, 0.717) is 29.6 Å². The van der Waals surface area contributed by atoms with Gasteiger partial charge in [-0.1, -0.05) is 19.9 Å². The lowest BCUT2D eigenvalue weighted by atomic mass is 9.86. The van der Waals surface area contributed by atoms with E-state index in [-0.39, 0.29) is 18.1 Å². The van der Waals surface area contributed by atoms with Crippen LogP contribution in [0.1, 0.15) is 37.3 Å². The van der Waals surface area contributed by atoms with Crippen LogP contribution in [0.5, 0.6) is 11.5 Å². The fraction of sp³-hybridized carbons (Fsp3) is 0.450. The fourth-order valence-electron chi connectivity index (χ4n) is 3.37. The second-order valence-corrected chi connectivity index (χ2v) is 7.39. The predicted molar refractivity (Wildman–Crippen MR) is 105 cm³/mol. The number of nitrogens with zero attached hydrogens (tertiary/aromatic N) is 2. The zero-order valence-electron chi connectivity index (χ0n) is 16.7. The van der Waals surface area contributed by atoms with Gasteiger partial charge in [0.15, 0.2) is 11.5 Å². The van der Waals surface area contributed by atoms with Gasteiger partial charge in [0.25, 0.3) is 5.56 Å². The monoisotopic (exact) mass is 387 g/mol. The Hall–Kier alpha value is -3.03. The van der Waals surface area contributed by atoms with E-state index >= 15 is 0 Å². The number of aromatic nitrogens is 2. The molecule has 0 saturated heterocycles. The lowest BCUT2D eigenvalue weighted by molar-refractivity contribution is -0.116. The Morgan fingerprint density at radius 3 is 2.50 bits per heavy atom. The van der Waals surface area contributed by atoms with E-state index in [1.807, 2.05) is 6.07 Å². The van der Waals surface area contributed by atoms with Crippen molar-refractivity contribution in [3.05, 3.63) is 50.2 Å². The lowest BCUT2D eigenvalue weighted by Gasteiger charge is -2.27. The molecule has 0 fully saturated rings. The van der Waals surface area contributed by atoms with Crippen molar-refractivity contribution in [2.24, 2.45) is 20.0 Å². The molecule has 28 heavy (non-hydrogen) atoms. The first kappa shape index (κ1) is 19.7. The quantitative estimate of drug-likeness (QED) is 0.841. The number of carbonyl (C=O) groups excluding carboxylic acids is 1. The number of amides is 1. The number of methoxy groups -OCH3 is 1. The van der Waals surface area contributed by atoms with Crippen molar-refractivity contribution < 1.29 is 14.3 Å². The number of ether oxygens (including phenoxy) is 2. The first-order valence-electron chi connectivity index (χ1n) is 9.15. The smallest absolute Gasteiger partial charge is 0.332 e. The first-order valence-corrected chi connectivity index (χ1v) is 9.15. The molecule has 1 aliphatic heterocycles. The molecule has 3 rings (SSSR count). The van der Waals surface area contributed by atoms with Gasteiger partial charge in [-0.15, -0.1) is 0 Å². The Bertz CT molecular complexity index is 1040. The van der Waals surface area contributed by atoms with Gasteiger partial charge in [0.05, 0.1) is 19.3 Å². The molecule has 1 atom stereocenters. The van der Waals surface area contributed by atoms with E-state index in [1.165, 1.54) is 18.7 Å².